The minimum Gasteiger partial charge on any atom is -0.454 e. The summed E-state index contributed by atoms with van der Waals surface area (Å²) in [5.41, 5.74) is 2.65. The molecular formula is C20H14ClN3O3S. The Labute approximate surface area is 170 Å². The molecule has 0 atom stereocenters. The van der Waals surface area contributed by atoms with E-state index >= 15 is 0 Å². The Balaban J connectivity index is 1.52. The van der Waals surface area contributed by atoms with E-state index in [1.165, 1.54) is 11.8 Å². The van der Waals surface area contributed by atoms with Gasteiger partial charge in [-0.25, -0.2) is 4.98 Å². The highest BCUT2D eigenvalue weighted by molar-refractivity contribution is 8.00. The summed E-state index contributed by atoms with van der Waals surface area (Å²) < 4.78 is 10.7. The molecule has 0 fully saturated rings. The molecule has 8 heteroatoms. The van der Waals surface area contributed by atoms with Crippen LogP contribution in [-0.2, 0) is 4.79 Å². The summed E-state index contributed by atoms with van der Waals surface area (Å²) in [6.07, 6.45) is 0. The monoisotopic (exact) mass is 411 g/mol. The molecule has 2 aromatic carbocycles. The smallest absolute Gasteiger partial charge is 0.234 e. The van der Waals surface area contributed by atoms with Crippen molar-refractivity contribution in [2.75, 3.05) is 17.9 Å². The van der Waals surface area contributed by atoms with Crippen molar-refractivity contribution in [1.82, 2.24) is 4.98 Å². The number of carbonyl (C=O) groups is 1. The number of aromatic nitrogens is 1. The van der Waals surface area contributed by atoms with Crippen LogP contribution in [0.2, 0.25) is 5.02 Å². The molecule has 2 heterocycles. The molecule has 0 unspecified atom stereocenters. The molecule has 1 N–H and O–H groups in total. The van der Waals surface area contributed by atoms with Gasteiger partial charge in [-0.05, 0) is 36.8 Å². The summed E-state index contributed by atoms with van der Waals surface area (Å²) in [4.78, 5) is 16.8. The summed E-state index contributed by atoms with van der Waals surface area (Å²) in [7, 11) is 0. The largest absolute Gasteiger partial charge is 0.454 e. The van der Waals surface area contributed by atoms with Gasteiger partial charge in [0.1, 0.15) is 11.1 Å². The lowest BCUT2D eigenvalue weighted by Gasteiger charge is -2.08. The maximum atomic E-state index is 12.3. The van der Waals surface area contributed by atoms with E-state index in [9.17, 15) is 10.1 Å². The first kappa shape index (κ1) is 18.4. The molecule has 1 aliphatic heterocycles. The van der Waals surface area contributed by atoms with Crippen molar-refractivity contribution in [3.63, 3.8) is 0 Å². The van der Waals surface area contributed by atoms with Crippen molar-refractivity contribution in [3.8, 4) is 17.6 Å². The van der Waals surface area contributed by atoms with Gasteiger partial charge in [0.25, 0.3) is 0 Å². The molecule has 1 aliphatic rings. The molecule has 140 valence electrons. The number of carbonyl (C=O) groups excluding carboxylic acids is 1. The van der Waals surface area contributed by atoms with Gasteiger partial charge in [-0.2, -0.15) is 5.26 Å². The Morgan fingerprint density at radius 2 is 2.07 bits per heavy atom. The second-order valence-electron chi connectivity index (χ2n) is 6.15. The minimum absolute atomic E-state index is 0.114. The van der Waals surface area contributed by atoms with Crippen molar-refractivity contribution in [2.45, 2.75) is 11.9 Å². The van der Waals surface area contributed by atoms with Gasteiger partial charge >= 0.3 is 0 Å². The molecule has 28 heavy (non-hydrogen) atoms. The number of aryl methyl sites for hydroxylation is 1. The summed E-state index contributed by atoms with van der Waals surface area (Å²) in [6.45, 7) is 2.06. The molecule has 1 amide bonds. The highest BCUT2D eigenvalue weighted by Crippen LogP contribution is 2.37. The van der Waals surface area contributed by atoms with Crippen LogP contribution in [0.15, 0.2) is 41.4 Å². The lowest BCUT2D eigenvalue weighted by atomic mass is 10.1. The average Bonchev–Trinajstić information content (AvgIpc) is 3.14. The van der Waals surface area contributed by atoms with Crippen LogP contribution in [0.3, 0.4) is 0 Å². The molecule has 0 spiro atoms. The van der Waals surface area contributed by atoms with Crippen molar-refractivity contribution in [3.05, 3.63) is 52.5 Å². The first-order valence-electron chi connectivity index (χ1n) is 8.37. The van der Waals surface area contributed by atoms with E-state index in [0.29, 0.717) is 38.3 Å². The molecular weight excluding hydrogens is 398 g/mol. The second kappa shape index (κ2) is 7.58. The zero-order valence-corrected chi connectivity index (χ0v) is 16.4. The third-order valence-electron chi connectivity index (χ3n) is 4.19. The van der Waals surface area contributed by atoms with Gasteiger partial charge in [-0.1, -0.05) is 29.4 Å². The highest BCUT2D eigenvalue weighted by atomic mass is 35.5. The van der Waals surface area contributed by atoms with E-state index < -0.39 is 0 Å². The molecule has 0 saturated carbocycles. The normalized spacial score (nSPS) is 12.0. The topological polar surface area (TPSA) is 84.2 Å². The summed E-state index contributed by atoms with van der Waals surface area (Å²) >= 11 is 7.29. The predicted octanol–water partition coefficient (Wildman–Crippen LogP) is 4.53. The van der Waals surface area contributed by atoms with E-state index in [-0.39, 0.29) is 18.5 Å². The number of hydrogen-bond acceptors (Lipinski definition) is 6. The van der Waals surface area contributed by atoms with Gasteiger partial charge < -0.3 is 14.8 Å². The van der Waals surface area contributed by atoms with Crippen molar-refractivity contribution >= 4 is 45.9 Å². The summed E-state index contributed by atoms with van der Waals surface area (Å²) in [5.74, 6) is 1.16. The number of anilines is 1. The van der Waals surface area contributed by atoms with Crippen molar-refractivity contribution in [2.24, 2.45) is 0 Å². The lowest BCUT2D eigenvalue weighted by Crippen LogP contribution is -2.14. The van der Waals surface area contributed by atoms with Gasteiger partial charge in [0, 0.05) is 22.2 Å². The molecule has 3 aromatic rings. The third kappa shape index (κ3) is 3.70. The van der Waals surface area contributed by atoms with E-state index in [1.807, 2.05) is 13.0 Å². The number of nitrogens with zero attached hydrogens (tertiary/aromatic N) is 2. The molecule has 0 saturated heterocycles. The zero-order valence-electron chi connectivity index (χ0n) is 14.8. The number of rotatable bonds is 4. The van der Waals surface area contributed by atoms with Crippen molar-refractivity contribution in [1.29, 1.82) is 5.26 Å². The average molecular weight is 412 g/mol. The Morgan fingerprint density at radius 3 is 2.82 bits per heavy atom. The first-order chi connectivity index (χ1) is 13.5. The molecule has 0 bridgehead atoms. The Kier molecular flexibility index (Phi) is 4.99. The maximum absolute atomic E-state index is 12.3. The van der Waals surface area contributed by atoms with Crippen molar-refractivity contribution < 1.29 is 14.3 Å². The number of benzene rings is 2. The summed E-state index contributed by atoms with van der Waals surface area (Å²) in [6, 6.07) is 12.8. The Hall–Kier alpha value is -2.95. The predicted molar refractivity (Wildman–Crippen MR) is 108 cm³/mol. The highest BCUT2D eigenvalue weighted by Gasteiger charge is 2.17. The van der Waals surface area contributed by atoms with Crippen LogP contribution in [0.5, 0.6) is 11.5 Å². The fourth-order valence-electron chi connectivity index (χ4n) is 2.74. The fraction of sp³-hybridized carbons (Fsp3) is 0.150. The van der Waals surface area contributed by atoms with Crippen LogP contribution < -0.4 is 14.8 Å². The third-order valence-corrected chi connectivity index (χ3v) is 5.59. The molecule has 4 rings (SSSR count). The number of fused-ring (bicyclic) bond motifs is 2. The standard InChI is InChI=1S/C20H14ClN3O3S/c1-11-2-3-14(6-15(11)21)23-19(25)9-28-20-13(8-22)4-12-5-17-18(27-10-26-17)7-16(12)24-20/h2-7H,9-10H2,1H3,(H,23,25). The van der Waals surface area contributed by atoms with E-state index in [2.05, 4.69) is 16.4 Å². The van der Waals surface area contributed by atoms with Gasteiger partial charge in [0.15, 0.2) is 11.5 Å². The number of halogens is 1. The van der Waals surface area contributed by atoms with Crippen LogP contribution in [0.1, 0.15) is 11.1 Å². The minimum atomic E-state index is -0.207. The molecule has 6 nitrogen and oxygen atoms in total. The first-order valence-corrected chi connectivity index (χ1v) is 9.73. The molecule has 0 aliphatic carbocycles. The van der Waals surface area contributed by atoms with Crippen LogP contribution in [-0.4, -0.2) is 23.4 Å². The fourth-order valence-corrected chi connectivity index (χ4v) is 3.68. The van der Waals surface area contributed by atoms with E-state index in [4.69, 9.17) is 21.1 Å². The van der Waals surface area contributed by atoms with Gasteiger partial charge in [-0.3, -0.25) is 4.79 Å². The number of ether oxygens (including phenoxy) is 2. The number of nitrogens with one attached hydrogen (secondary N) is 1. The number of pyridine rings is 1. The maximum Gasteiger partial charge on any atom is 0.234 e. The van der Waals surface area contributed by atoms with Crippen LogP contribution in [0.4, 0.5) is 5.69 Å². The SMILES string of the molecule is Cc1ccc(NC(=O)CSc2nc3cc4c(cc3cc2C#N)OCO4)cc1Cl. The Bertz CT molecular complexity index is 1140. The van der Waals surface area contributed by atoms with E-state index in [1.54, 1.807) is 30.3 Å². The quantitative estimate of drug-likeness (QED) is 0.635. The summed E-state index contributed by atoms with van der Waals surface area (Å²) in [5, 5.41) is 14.1. The number of amides is 1. The lowest BCUT2D eigenvalue weighted by molar-refractivity contribution is -0.113. The number of hydrogen-bond donors (Lipinski definition) is 1. The van der Waals surface area contributed by atoms with Gasteiger partial charge in [-0.15, -0.1) is 0 Å². The zero-order chi connectivity index (χ0) is 19.7. The van der Waals surface area contributed by atoms with Crippen LogP contribution in [0, 0.1) is 18.3 Å². The van der Waals surface area contributed by atoms with Gasteiger partial charge in [0.05, 0.1) is 16.8 Å². The number of nitriles is 1. The Morgan fingerprint density at radius 1 is 1.29 bits per heavy atom. The van der Waals surface area contributed by atoms with E-state index in [0.717, 1.165) is 10.9 Å². The molecule has 0 radical (unpaired) electrons. The van der Waals surface area contributed by atoms with Crippen LogP contribution >= 0.6 is 23.4 Å². The second-order valence-corrected chi connectivity index (χ2v) is 7.52. The number of thioether (sulfide) groups is 1. The van der Waals surface area contributed by atoms with Crippen LogP contribution in [0.25, 0.3) is 10.9 Å². The molecule has 1 aromatic heterocycles. The van der Waals surface area contributed by atoms with Gasteiger partial charge in [0.2, 0.25) is 12.7 Å².